The van der Waals surface area contributed by atoms with Crippen LogP contribution in [0.15, 0.2) is 53.7 Å². The van der Waals surface area contributed by atoms with E-state index in [1.807, 2.05) is 12.1 Å². The Hall–Kier alpha value is -2.98. The smallest absolute Gasteiger partial charge is 0.269 e. The fourth-order valence-electron chi connectivity index (χ4n) is 3.71. The maximum atomic E-state index is 12.7. The number of pyridine rings is 1. The van der Waals surface area contributed by atoms with Gasteiger partial charge in [-0.15, -0.1) is 0 Å². The zero-order valence-electron chi connectivity index (χ0n) is 18.3. The molecule has 0 radical (unpaired) electrons. The highest BCUT2D eigenvalue weighted by atomic mass is 32.2. The fraction of sp³-hybridized carbons (Fsp3) is 0.409. The Morgan fingerprint density at radius 3 is 2.28 bits per heavy atom. The van der Waals surface area contributed by atoms with Gasteiger partial charge in [0.05, 0.1) is 0 Å². The first-order valence-electron chi connectivity index (χ1n) is 10.7. The highest BCUT2D eigenvalue weighted by Crippen LogP contribution is 2.23. The van der Waals surface area contributed by atoms with Crippen LogP contribution in [0.4, 0.5) is 5.69 Å². The number of sulfonamides is 1. The molecule has 1 aromatic carbocycles. The number of hydrogen-bond donors (Lipinski definition) is 2. The molecule has 1 fully saturated rings. The number of benzene rings is 1. The van der Waals surface area contributed by atoms with Crippen LogP contribution in [-0.2, 0) is 14.8 Å². The van der Waals surface area contributed by atoms with Crippen LogP contribution in [0.25, 0.3) is 0 Å². The molecule has 2 amide bonds. The summed E-state index contributed by atoms with van der Waals surface area (Å²) in [5, 5.41) is 0. The van der Waals surface area contributed by atoms with Gasteiger partial charge in [0, 0.05) is 55.7 Å². The number of nitrogens with one attached hydrogen (secondary N) is 2. The van der Waals surface area contributed by atoms with Crippen molar-refractivity contribution in [2.75, 3.05) is 31.1 Å². The Kier molecular flexibility index (Phi) is 7.81. The summed E-state index contributed by atoms with van der Waals surface area (Å²) in [6, 6.07) is 10.3. The van der Waals surface area contributed by atoms with E-state index in [1.165, 1.54) is 22.8 Å². The molecule has 10 heteroatoms. The second kappa shape index (κ2) is 10.6. The van der Waals surface area contributed by atoms with Crippen LogP contribution in [0.2, 0.25) is 0 Å². The minimum absolute atomic E-state index is 0.141. The van der Waals surface area contributed by atoms with Gasteiger partial charge in [0.1, 0.15) is 4.90 Å². The van der Waals surface area contributed by atoms with Gasteiger partial charge in [-0.3, -0.25) is 25.4 Å². The first-order chi connectivity index (χ1) is 15.4. The van der Waals surface area contributed by atoms with Crippen molar-refractivity contribution in [2.24, 2.45) is 5.92 Å². The van der Waals surface area contributed by atoms with Crippen molar-refractivity contribution < 1.29 is 18.0 Å². The second-order valence-corrected chi connectivity index (χ2v) is 9.47. The van der Waals surface area contributed by atoms with E-state index in [0.717, 1.165) is 18.8 Å². The van der Waals surface area contributed by atoms with Crippen molar-refractivity contribution in [3.8, 4) is 0 Å². The quantitative estimate of drug-likeness (QED) is 0.611. The Balaban J connectivity index is 1.49. The Bertz CT molecular complexity index is 1020. The monoisotopic (exact) mass is 459 g/mol. The number of amides is 2. The lowest BCUT2D eigenvalue weighted by atomic mass is 9.98. The number of aromatic nitrogens is 1. The van der Waals surface area contributed by atoms with Crippen LogP contribution in [0.3, 0.4) is 0 Å². The van der Waals surface area contributed by atoms with Crippen LogP contribution in [-0.4, -0.2) is 55.7 Å². The van der Waals surface area contributed by atoms with Crippen molar-refractivity contribution in [1.82, 2.24) is 20.1 Å². The predicted molar refractivity (Wildman–Crippen MR) is 121 cm³/mol. The third kappa shape index (κ3) is 5.43. The van der Waals surface area contributed by atoms with Crippen LogP contribution < -0.4 is 15.8 Å². The number of piperidine rings is 1. The van der Waals surface area contributed by atoms with Gasteiger partial charge in [-0.1, -0.05) is 0 Å². The van der Waals surface area contributed by atoms with Gasteiger partial charge in [0.15, 0.2) is 0 Å². The maximum absolute atomic E-state index is 12.7. The first-order valence-corrected chi connectivity index (χ1v) is 12.2. The molecule has 2 N–H and O–H groups in total. The van der Waals surface area contributed by atoms with Crippen LogP contribution >= 0.6 is 0 Å². The minimum atomic E-state index is -3.62. The Morgan fingerprint density at radius 1 is 1.06 bits per heavy atom. The lowest BCUT2D eigenvalue weighted by Gasteiger charge is -2.30. The minimum Gasteiger partial charge on any atom is -0.372 e. The number of rotatable bonds is 7. The SMILES string of the molecule is CCN(CC)c1ccc(C(=O)NNC(=O)C2CCN(S(=O)(=O)c3cccnc3)CC2)cc1. The number of hydrogen-bond acceptors (Lipinski definition) is 6. The van der Waals surface area contributed by atoms with Crippen LogP contribution in [0.1, 0.15) is 37.0 Å². The Labute approximate surface area is 188 Å². The molecular formula is C22H29N5O4S. The third-order valence-electron chi connectivity index (χ3n) is 5.65. The van der Waals surface area contributed by atoms with E-state index >= 15 is 0 Å². The van der Waals surface area contributed by atoms with E-state index in [2.05, 4.69) is 34.6 Å². The van der Waals surface area contributed by atoms with Gasteiger partial charge >= 0.3 is 0 Å². The maximum Gasteiger partial charge on any atom is 0.269 e. The summed E-state index contributed by atoms with van der Waals surface area (Å²) in [6.07, 6.45) is 3.58. The molecular weight excluding hydrogens is 430 g/mol. The summed E-state index contributed by atoms with van der Waals surface area (Å²) in [4.78, 5) is 31.0. The summed E-state index contributed by atoms with van der Waals surface area (Å²) in [5.41, 5.74) is 6.39. The number of hydrazine groups is 1. The molecule has 0 bridgehead atoms. The molecule has 32 heavy (non-hydrogen) atoms. The predicted octanol–water partition coefficient (Wildman–Crippen LogP) is 1.79. The molecule has 2 heterocycles. The molecule has 0 atom stereocenters. The average Bonchev–Trinajstić information content (AvgIpc) is 2.84. The fourth-order valence-corrected chi connectivity index (χ4v) is 5.15. The number of carbonyl (C=O) groups is 2. The summed E-state index contributed by atoms with van der Waals surface area (Å²) in [6.45, 7) is 6.35. The summed E-state index contributed by atoms with van der Waals surface area (Å²) in [7, 11) is -3.62. The van der Waals surface area contributed by atoms with E-state index < -0.39 is 15.9 Å². The molecule has 1 saturated heterocycles. The van der Waals surface area contributed by atoms with Gasteiger partial charge in [0.25, 0.3) is 5.91 Å². The number of carbonyl (C=O) groups excluding carboxylic acids is 2. The summed E-state index contributed by atoms with van der Waals surface area (Å²) in [5.74, 6) is -1.10. The lowest BCUT2D eigenvalue weighted by molar-refractivity contribution is -0.126. The summed E-state index contributed by atoms with van der Waals surface area (Å²) >= 11 is 0. The van der Waals surface area contributed by atoms with Crippen LogP contribution in [0.5, 0.6) is 0 Å². The lowest BCUT2D eigenvalue weighted by Crippen LogP contribution is -2.48. The Morgan fingerprint density at radius 2 is 1.72 bits per heavy atom. The molecule has 9 nitrogen and oxygen atoms in total. The first kappa shape index (κ1) is 23.7. The molecule has 172 valence electrons. The highest BCUT2D eigenvalue weighted by molar-refractivity contribution is 7.89. The number of anilines is 1. The van der Waals surface area contributed by atoms with Crippen molar-refractivity contribution in [3.63, 3.8) is 0 Å². The summed E-state index contributed by atoms with van der Waals surface area (Å²) < 4.78 is 26.7. The molecule has 0 aliphatic carbocycles. The van der Waals surface area contributed by atoms with Crippen molar-refractivity contribution in [2.45, 2.75) is 31.6 Å². The van der Waals surface area contributed by atoms with Crippen molar-refractivity contribution in [1.29, 1.82) is 0 Å². The molecule has 1 aromatic heterocycles. The molecule has 0 spiro atoms. The van der Waals surface area contributed by atoms with Gasteiger partial charge in [-0.25, -0.2) is 8.42 Å². The van der Waals surface area contributed by atoms with E-state index in [0.29, 0.717) is 18.4 Å². The van der Waals surface area contributed by atoms with E-state index in [1.54, 1.807) is 18.2 Å². The van der Waals surface area contributed by atoms with E-state index in [4.69, 9.17) is 0 Å². The molecule has 2 aromatic rings. The van der Waals surface area contributed by atoms with Crippen molar-refractivity contribution in [3.05, 3.63) is 54.4 Å². The third-order valence-corrected chi connectivity index (χ3v) is 7.54. The van der Waals surface area contributed by atoms with Gasteiger partial charge < -0.3 is 4.90 Å². The zero-order valence-corrected chi connectivity index (χ0v) is 19.1. The number of nitrogens with zero attached hydrogens (tertiary/aromatic N) is 3. The molecule has 0 unspecified atom stereocenters. The van der Waals surface area contributed by atoms with E-state index in [-0.39, 0.29) is 29.8 Å². The van der Waals surface area contributed by atoms with E-state index in [9.17, 15) is 18.0 Å². The zero-order chi connectivity index (χ0) is 23.1. The normalized spacial score (nSPS) is 15.2. The molecule has 3 rings (SSSR count). The standard InChI is InChI=1S/C22H29N5O4S/c1-3-26(4-2)19-9-7-17(8-10-19)21(28)24-25-22(29)18-11-14-27(15-12-18)32(30,31)20-6-5-13-23-16-20/h5-10,13,16,18H,3-4,11-12,14-15H2,1-2H3,(H,24,28)(H,25,29). The van der Waals surface area contributed by atoms with Crippen LogP contribution in [0, 0.1) is 5.92 Å². The average molecular weight is 460 g/mol. The molecule has 1 aliphatic heterocycles. The van der Waals surface area contributed by atoms with Crippen molar-refractivity contribution >= 4 is 27.5 Å². The second-order valence-electron chi connectivity index (χ2n) is 7.53. The topological polar surface area (TPSA) is 112 Å². The van der Waals surface area contributed by atoms with Gasteiger partial charge in [-0.05, 0) is 63.1 Å². The highest BCUT2D eigenvalue weighted by Gasteiger charge is 2.32. The largest absolute Gasteiger partial charge is 0.372 e. The molecule has 1 aliphatic rings. The van der Waals surface area contributed by atoms with Gasteiger partial charge in [0.2, 0.25) is 15.9 Å². The van der Waals surface area contributed by atoms with Gasteiger partial charge in [-0.2, -0.15) is 4.31 Å². The molecule has 0 saturated carbocycles.